The molecule has 0 amide bonds. The molecule has 5 nitrogen and oxygen atoms in total. The number of fused-ring (bicyclic) bond motifs is 1. The third kappa shape index (κ3) is 2.13. The van der Waals surface area contributed by atoms with Gasteiger partial charge < -0.3 is 4.57 Å². The van der Waals surface area contributed by atoms with Crippen molar-refractivity contribution in [1.29, 1.82) is 0 Å². The summed E-state index contributed by atoms with van der Waals surface area (Å²) < 4.78 is 3.62. The Balaban J connectivity index is 2.23. The fraction of sp³-hybridized carbons (Fsp3) is 0.105. The van der Waals surface area contributed by atoms with Crippen molar-refractivity contribution in [3.05, 3.63) is 77.6 Å². The lowest BCUT2D eigenvalue weighted by Crippen LogP contribution is -2.23. The Kier molecular flexibility index (Phi) is 3.46. The molecule has 0 unspecified atom stereocenters. The summed E-state index contributed by atoms with van der Waals surface area (Å²) in [5.74, 6) is 0. The van der Waals surface area contributed by atoms with Crippen LogP contribution in [0.25, 0.3) is 27.7 Å². The number of para-hydroxylation sites is 1. The van der Waals surface area contributed by atoms with Gasteiger partial charge in [0.15, 0.2) is 0 Å². The summed E-state index contributed by atoms with van der Waals surface area (Å²) in [7, 11) is 0. The maximum Gasteiger partial charge on any atom is 0.261 e. The Morgan fingerprint density at radius 1 is 0.917 bits per heavy atom. The average molecular weight is 316 g/mol. The van der Waals surface area contributed by atoms with Crippen LogP contribution < -0.4 is 5.56 Å². The predicted octanol–water partition coefficient (Wildman–Crippen LogP) is 3.27. The summed E-state index contributed by atoms with van der Waals surface area (Å²) in [4.78, 5) is 13.2. The third-order valence-electron chi connectivity index (χ3n) is 4.20. The molecular formula is C19H16N4O. The highest BCUT2D eigenvalue weighted by Gasteiger charge is 2.18. The van der Waals surface area contributed by atoms with Crippen molar-refractivity contribution in [3.63, 3.8) is 0 Å². The molecule has 2 heterocycles. The van der Waals surface area contributed by atoms with E-state index in [1.807, 2.05) is 70.7 Å². The van der Waals surface area contributed by atoms with Gasteiger partial charge in [-0.15, -0.1) is 10.2 Å². The molecule has 0 aliphatic rings. The van der Waals surface area contributed by atoms with E-state index in [4.69, 9.17) is 0 Å². The Hall–Kier alpha value is -3.21. The monoisotopic (exact) mass is 316 g/mol. The Morgan fingerprint density at radius 2 is 1.58 bits per heavy atom. The van der Waals surface area contributed by atoms with Crippen LogP contribution in [0.1, 0.15) is 6.92 Å². The van der Waals surface area contributed by atoms with Crippen molar-refractivity contribution in [1.82, 2.24) is 19.3 Å². The normalized spacial score (nSPS) is 11.0. The molecule has 5 heteroatoms. The van der Waals surface area contributed by atoms with Crippen LogP contribution in [0.4, 0.5) is 0 Å². The molecule has 0 spiro atoms. The summed E-state index contributed by atoms with van der Waals surface area (Å²) in [6.45, 7) is 2.60. The van der Waals surface area contributed by atoms with Gasteiger partial charge in [-0.1, -0.05) is 48.5 Å². The first-order chi connectivity index (χ1) is 11.8. The summed E-state index contributed by atoms with van der Waals surface area (Å²) in [6.07, 6.45) is 3.26. The highest BCUT2D eigenvalue weighted by Crippen LogP contribution is 2.30. The quantitative estimate of drug-likeness (QED) is 0.583. The lowest BCUT2D eigenvalue weighted by atomic mass is 10.0. The minimum Gasteiger partial charge on any atom is -0.308 e. The van der Waals surface area contributed by atoms with Gasteiger partial charge in [0.05, 0.1) is 16.8 Å². The number of rotatable bonds is 3. The molecule has 0 aliphatic carbocycles. The second kappa shape index (κ2) is 5.77. The maximum absolute atomic E-state index is 13.2. The second-order valence-electron chi connectivity index (χ2n) is 5.53. The molecule has 24 heavy (non-hydrogen) atoms. The van der Waals surface area contributed by atoms with Crippen LogP contribution in [0.3, 0.4) is 0 Å². The van der Waals surface area contributed by atoms with E-state index in [0.29, 0.717) is 12.1 Å². The lowest BCUT2D eigenvalue weighted by Gasteiger charge is -2.17. The van der Waals surface area contributed by atoms with Crippen LogP contribution in [0.15, 0.2) is 72.0 Å². The van der Waals surface area contributed by atoms with E-state index in [2.05, 4.69) is 10.2 Å². The SMILES string of the molecule is CCn1c(=O)c(-c2ccccc2)c(-n2cnnc2)c2ccccc21. The van der Waals surface area contributed by atoms with Gasteiger partial charge in [-0.2, -0.15) is 0 Å². The number of benzene rings is 2. The molecule has 0 radical (unpaired) electrons. The van der Waals surface area contributed by atoms with Crippen LogP contribution in [-0.4, -0.2) is 19.3 Å². The minimum atomic E-state index is -0.00824. The van der Waals surface area contributed by atoms with Crippen molar-refractivity contribution in [3.8, 4) is 16.8 Å². The molecule has 0 atom stereocenters. The van der Waals surface area contributed by atoms with Crippen molar-refractivity contribution in [2.75, 3.05) is 0 Å². The topological polar surface area (TPSA) is 52.7 Å². The fourth-order valence-electron chi connectivity index (χ4n) is 3.15. The van der Waals surface area contributed by atoms with Gasteiger partial charge in [0, 0.05) is 11.9 Å². The molecule has 0 N–H and O–H groups in total. The van der Waals surface area contributed by atoms with Crippen LogP contribution in [-0.2, 0) is 6.54 Å². The van der Waals surface area contributed by atoms with Crippen LogP contribution in [0.5, 0.6) is 0 Å². The van der Waals surface area contributed by atoms with Crippen LogP contribution >= 0.6 is 0 Å². The smallest absolute Gasteiger partial charge is 0.261 e. The van der Waals surface area contributed by atoms with Gasteiger partial charge in [-0.05, 0) is 18.6 Å². The first-order valence-corrected chi connectivity index (χ1v) is 7.87. The van der Waals surface area contributed by atoms with E-state index < -0.39 is 0 Å². The van der Waals surface area contributed by atoms with Crippen LogP contribution in [0, 0.1) is 0 Å². The highest BCUT2D eigenvalue weighted by molar-refractivity contribution is 5.95. The van der Waals surface area contributed by atoms with E-state index >= 15 is 0 Å². The lowest BCUT2D eigenvalue weighted by molar-refractivity contribution is 0.759. The molecule has 0 aliphatic heterocycles. The number of hydrogen-bond donors (Lipinski definition) is 0. The number of aryl methyl sites for hydroxylation is 1. The van der Waals surface area contributed by atoms with Gasteiger partial charge in [0.2, 0.25) is 0 Å². The van der Waals surface area contributed by atoms with E-state index in [1.54, 1.807) is 12.7 Å². The van der Waals surface area contributed by atoms with Gasteiger partial charge >= 0.3 is 0 Å². The maximum atomic E-state index is 13.2. The van der Waals surface area contributed by atoms with Crippen molar-refractivity contribution in [2.24, 2.45) is 0 Å². The largest absolute Gasteiger partial charge is 0.308 e. The Bertz CT molecular complexity index is 1050. The first kappa shape index (κ1) is 14.4. The van der Waals surface area contributed by atoms with Gasteiger partial charge in [0.1, 0.15) is 12.7 Å². The zero-order chi connectivity index (χ0) is 16.5. The molecule has 2 aromatic carbocycles. The summed E-state index contributed by atoms with van der Waals surface area (Å²) in [6, 6.07) is 17.7. The number of aromatic nitrogens is 4. The molecule has 0 saturated heterocycles. The van der Waals surface area contributed by atoms with Crippen LogP contribution in [0.2, 0.25) is 0 Å². The standard InChI is InChI=1S/C19H16N4O/c1-2-23-16-11-7-6-10-15(16)18(22-12-20-21-13-22)17(19(23)24)14-8-4-3-5-9-14/h3-13H,2H2,1H3. The number of pyridine rings is 1. The molecule has 118 valence electrons. The fourth-order valence-corrected chi connectivity index (χ4v) is 3.15. The minimum absolute atomic E-state index is 0.00824. The second-order valence-corrected chi connectivity index (χ2v) is 5.53. The molecule has 0 fully saturated rings. The molecule has 0 bridgehead atoms. The summed E-state index contributed by atoms with van der Waals surface area (Å²) in [5, 5.41) is 8.83. The van der Waals surface area contributed by atoms with Gasteiger partial charge in [-0.3, -0.25) is 9.36 Å². The zero-order valence-electron chi connectivity index (χ0n) is 13.3. The number of nitrogens with zero attached hydrogens (tertiary/aromatic N) is 4. The van der Waals surface area contributed by atoms with Crippen molar-refractivity contribution in [2.45, 2.75) is 13.5 Å². The number of hydrogen-bond acceptors (Lipinski definition) is 3. The molecule has 0 saturated carbocycles. The van der Waals surface area contributed by atoms with E-state index in [0.717, 1.165) is 22.2 Å². The van der Waals surface area contributed by atoms with E-state index in [9.17, 15) is 4.79 Å². The Labute approximate surface area is 138 Å². The van der Waals surface area contributed by atoms with Gasteiger partial charge in [0.25, 0.3) is 5.56 Å². The molecule has 2 aromatic heterocycles. The first-order valence-electron chi connectivity index (χ1n) is 7.87. The highest BCUT2D eigenvalue weighted by atomic mass is 16.1. The zero-order valence-corrected chi connectivity index (χ0v) is 13.3. The van der Waals surface area contributed by atoms with Gasteiger partial charge in [-0.25, -0.2) is 0 Å². The Morgan fingerprint density at radius 3 is 2.29 bits per heavy atom. The molecular weight excluding hydrogens is 300 g/mol. The summed E-state index contributed by atoms with van der Waals surface area (Å²) in [5.41, 5.74) is 3.27. The van der Waals surface area contributed by atoms with E-state index in [1.165, 1.54) is 0 Å². The summed E-state index contributed by atoms with van der Waals surface area (Å²) >= 11 is 0. The third-order valence-corrected chi connectivity index (χ3v) is 4.20. The van der Waals surface area contributed by atoms with E-state index in [-0.39, 0.29) is 5.56 Å². The van der Waals surface area contributed by atoms with Crippen molar-refractivity contribution < 1.29 is 0 Å². The molecule has 4 rings (SSSR count). The average Bonchev–Trinajstić information content (AvgIpc) is 3.16. The predicted molar refractivity (Wildman–Crippen MR) is 94.2 cm³/mol. The van der Waals surface area contributed by atoms with Crippen molar-refractivity contribution >= 4 is 10.9 Å². The molecule has 4 aromatic rings.